The Balaban J connectivity index is 2.18. The number of rotatable bonds is 4. The van der Waals surface area contributed by atoms with Crippen LogP contribution < -0.4 is 10.5 Å². The molecule has 22 heavy (non-hydrogen) atoms. The smallest absolute Gasteiger partial charge is 0.222 e. The van der Waals surface area contributed by atoms with Crippen molar-refractivity contribution in [3.05, 3.63) is 30.6 Å². The van der Waals surface area contributed by atoms with Crippen molar-refractivity contribution in [1.82, 2.24) is 19.7 Å². The number of anilines is 1. The molecule has 0 aliphatic rings. The average molecular weight is 297 g/mol. The van der Waals surface area contributed by atoms with Gasteiger partial charge in [0.15, 0.2) is 0 Å². The van der Waals surface area contributed by atoms with Crippen molar-refractivity contribution < 1.29 is 4.74 Å². The maximum Gasteiger partial charge on any atom is 0.222 e. The van der Waals surface area contributed by atoms with Crippen molar-refractivity contribution in [2.45, 2.75) is 26.8 Å². The molecule has 0 saturated carbocycles. The molecule has 0 spiro atoms. The van der Waals surface area contributed by atoms with E-state index < -0.39 is 0 Å². The highest BCUT2D eigenvalue weighted by Gasteiger charge is 2.15. The van der Waals surface area contributed by atoms with Crippen LogP contribution in [0.4, 0.5) is 5.69 Å². The number of hydrogen-bond acceptors (Lipinski definition) is 5. The van der Waals surface area contributed by atoms with E-state index in [1.54, 1.807) is 12.4 Å². The molecule has 0 radical (unpaired) electrons. The highest BCUT2D eigenvalue weighted by Crippen LogP contribution is 2.31. The molecule has 0 aliphatic carbocycles. The topological polar surface area (TPSA) is 78.9 Å². The van der Waals surface area contributed by atoms with Crippen molar-refractivity contribution in [3.63, 3.8) is 0 Å². The van der Waals surface area contributed by atoms with Crippen LogP contribution in [0.1, 0.15) is 26.8 Å². The second-order valence-corrected chi connectivity index (χ2v) is 5.30. The molecular formula is C16H19N5O. The monoisotopic (exact) mass is 297 g/mol. The van der Waals surface area contributed by atoms with Crippen LogP contribution >= 0.6 is 0 Å². The molecule has 3 aromatic rings. The fourth-order valence-electron chi connectivity index (χ4n) is 2.46. The van der Waals surface area contributed by atoms with Crippen LogP contribution in [-0.4, -0.2) is 26.4 Å². The lowest BCUT2D eigenvalue weighted by molar-refractivity contribution is 0.328. The molecular weight excluding hydrogens is 278 g/mol. The number of hydrogen-bond donors (Lipinski definition) is 1. The van der Waals surface area contributed by atoms with Gasteiger partial charge in [0.1, 0.15) is 11.0 Å². The second kappa shape index (κ2) is 5.63. The lowest BCUT2D eigenvalue weighted by Gasteiger charge is -2.11. The molecule has 0 unspecified atom stereocenters. The average Bonchev–Trinajstić information content (AvgIpc) is 2.93. The van der Waals surface area contributed by atoms with Crippen LogP contribution in [-0.2, 0) is 0 Å². The molecule has 114 valence electrons. The molecule has 3 rings (SSSR count). The molecule has 3 heterocycles. The third kappa shape index (κ3) is 2.36. The Morgan fingerprint density at radius 1 is 1.36 bits per heavy atom. The van der Waals surface area contributed by atoms with Crippen molar-refractivity contribution >= 4 is 16.7 Å². The summed E-state index contributed by atoms with van der Waals surface area (Å²) < 4.78 is 7.46. The van der Waals surface area contributed by atoms with E-state index in [1.807, 2.05) is 29.8 Å². The summed E-state index contributed by atoms with van der Waals surface area (Å²) in [6, 6.07) is 5.86. The van der Waals surface area contributed by atoms with Gasteiger partial charge < -0.3 is 10.5 Å². The molecule has 0 saturated heterocycles. The molecule has 0 bridgehead atoms. The molecule has 3 aromatic heterocycles. The van der Waals surface area contributed by atoms with Gasteiger partial charge in [0.2, 0.25) is 5.88 Å². The van der Waals surface area contributed by atoms with Gasteiger partial charge in [-0.2, -0.15) is 5.10 Å². The van der Waals surface area contributed by atoms with Crippen molar-refractivity contribution in [2.24, 2.45) is 0 Å². The van der Waals surface area contributed by atoms with Gasteiger partial charge in [0, 0.05) is 12.2 Å². The first-order valence-corrected chi connectivity index (χ1v) is 7.33. The van der Waals surface area contributed by atoms with E-state index in [9.17, 15) is 0 Å². The van der Waals surface area contributed by atoms with Crippen LogP contribution in [0.3, 0.4) is 0 Å². The largest absolute Gasteiger partial charge is 0.477 e. The van der Waals surface area contributed by atoms with Gasteiger partial charge in [-0.1, -0.05) is 0 Å². The fourth-order valence-corrected chi connectivity index (χ4v) is 2.46. The van der Waals surface area contributed by atoms with Gasteiger partial charge in [-0.3, -0.25) is 4.68 Å². The van der Waals surface area contributed by atoms with E-state index in [0.717, 1.165) is 22.3 Å². The number of aromatic nitrogens is 4. The molecule has 0 amide bonds. The molecule has 0 atom stereocenters. The lowest BCUT2D eigenvalue weighted by atomic mass is 10.1. The second-order valence-electron chi connectivity index (χ2n) is 5.30. The highest BCUT2D eigenvalue weighted by molar-refractivity contribution is 5.90. The van der Waals surface area contributed by atoms with Gasteiger partial charge in [-0.25, -0.2) is 9.97 Å². The molecule has 6 heteroatoms. The molecule has 0 fully saturated rings. The number of fused-ring (bicyclic) bond motifs is 1. The summed E-state index contributed by atoms with van der Waals surface area (Å²) >= 11 is 0. The first-order chi connectivity index (χ1) is 10.6. The zero-order valence-corrected chi connectivity index (χ0v) is 12.9. The van der Waals surface area contributed by atoms with Gasteiger partial charge >= 0.3 is 0 Å². The maximum atomic E-state index is 6.24. The van der Waals surface area contributed by atoms with E-state index in [4.69, 9.17) is 10.5 Å². The molecule has 0 aromatic carbocycles. The van der Waals surface area contributed by atoms with Crippen LogP contribution in [0.2, 0.25) is 0 Å². The SMILES string of the molecule is CCOc1ncccc1-c1cc(N)c2c(cnn2C(C)C)n1. The van der Waals surface area contributed by atoms with Crippen LogP contribution in [0, 0.1) is 0 Å². The first kappa shape index (κ1) is 14.3. The van der Waals surface area contributed by atoms with Crippen molar-refractivity contribution in [1.29, 1.82) is 0 Å². The zero-order chi connectivity index (χ0) is 15.7. The first-order valence-electron chi connectivity index (χ1n) is 7.33. The quantitative estimate of drug-likeness (QED) is 0.800. The van der Waals surface area contributed by atoms with Crippen LogP contribution in [0.15, 0.2) is 30.6 Å². The third-order valence-electron chi connectivity index (χ3n) is 3.40. The number of nitrogens with zero attached hydrogens (tertiary/aromatic N) is 4. The van der Waals surface area contributed by atoms with Crippen molar-refractivity contribution in [3.8, 4) is 17.1 Å². The standard InChI is InChI=1S/C16H19N5O/c1-4-22-16-11(6-5-7-18-16)13-8-12(17)15-14(20-13)9-19-21(15)10(2)3/h5-10H,4H2,1-3H3,(H2,17,20). The Morgan fingerprint density at radius 2 is 2.18 bits per heavy atom. The predicted octanol–water partition coefficient (Wildman–Crippen LogP) is 3.06. The summed E-state index contributed by atoms with van der Waals surface area (Å²) in [6.45, 7) is 6.60. The van der Waals surface area contributed by atoms with Gasteiger partial charge in [-0.15, -0.1) is 0 Å². The van der Waals surface area contributed by atoms with E-state index in [1.165, 1.54) is 0 Å². The minimum atomic E-state index is 0.227. The van der Waals surface area contributed by atoms with E-state index in [-0.39, 0.29) is 6.04 Å². The van der Waals surface area contributed by atoms with Gasteiger partial charge in [0.05, 0.1) is 29.7 Å². The maximum absolute atomic E-state index is 6.24. The molecule has 2 N–H and O–H groups in total. The summed E-state index contributed by atoms with van der Waals surface area (Å²) in [5, 5.41) is 4.38. The normalized spacial score (nSPS) is 11.3. The van der Waals surface area contributed by atoms with E-state index in [2.05, 4.69) is 28.9 Å². The van der Waals surface area contributed by atoms with E-state index >= 15 is 0 Å². The Kier molecular flexibility index (Phi) is 3.66. The Bertz CT molecular complexity index is 809. The summed E-state index contributed by atoms with van der Waals surface area (Å²) in [6.07, 6.45) is 3.44. The zero-order valence-electron chi connectivity index (χ0n) is 12.9. The van der Waals surface area contributed by atoms with Crippen LogP contribution in [0.25, 0.3) is 22.3 Å². The highest BCUT2D eigenvalue weighted by atomic mass is 16.5. The summed E-state index contributed by atoms with van der Waals surface area (Å²) in [4.78, 5) is 8.93. The number of nitrogen functional groups attached to an aromatic ring is 1. The minimum Gasteiger partial charge on any atom is -0.477 e. The summed E-state index contributed by atoms with van der Waals surface area (Å²) in [5.41, 5.74) is 10.1. The van der Waals surface area contributed by atoms with E-state index in [0.29, 0.717) is 18.2 Å². The summed E-state index contributed by atoms with van der Waals surface area (Å²) in [5.74, 6) is 0.563. The van der Waals surface area contributed by atoms with Gasteiger partial charge in [0.25, 0.3) is 0 Å². The third-order valence-corrected chi connectivity index (χ3v) is 3.40. The van der Waals surface area contributed by atoms with Crippen LogP contribution in [0.5, 0.6) is 5.88 Å². The number of ether oxygens (including phenoxy) is 1. The minimum absolute atomic E-state index is 0.227. The Labute approximate surface area is 128 Å². The fraction of sp³-hybridized carbons (Fsp3) is 0.312. The van der Waals surface area contributed by atoms with Crippen molar-refractivity contribution in [2.75, 3.05) is 12.3 Å². The Hall–Kier alpha value is -2.63. The predicted molar refractivity (Wildman–Crippen MR) is 86.7 cm³/mol. The molecule has 0 aliphatic heterocycles. The lowest BCUT2D eigenvalue weighted by Crippen LogP contribution is -2.05. The molecule has 6 nitrogen and oxygen atoms in total. The number of pyridine rings is 2. The van der Waals surface area contributed by atoms with Gasteiger partial charge in [-0.05, 0) is 39.0 Å². The number of nitrogens with two attached hydrogens (primary N) is 1. The summed E-state index contributed by atoms with van der Waals surface area (Å²) in [7, 11) is 0. The Morgan fingerprint density at radius 3 is 2.91 bits per heavy atom.